The Labute approximate surface area is 120 Å². The molecule has 20 heavy (non-hydrogen) atoms. The SMILES string of the molecule is CCCN1CCC(NC(=O)c2cc(C)ccc2F)CC1. The van der Waals surface area contributed by atoms with E-state index in [2.05, 4.69) is 17.1 Å². The molecule has 110 valence electrons. The standard InChI is InChI=1S/C16H23FN2O/c1-3-8-19-9-6-13(7-10-19)18-16(20)14-11-12(2)4-5-15(14)17/h4-5,11,13H,3,6-10H2,1-2H3,(H,18,20). The fourth-order valence-corrected chi connectivity index (χ4v) is 2.69. The molecule has 2 rings (SSSR count). The maximum Gasteiger partial charge on any atom is 0.254 e. The second-order valence-corrected chi connectivity index (χ2v) is 5.57. The molecule has 0 aromatic heterocycles. The van der Waals surface area contributed by atoms with Gasteiger partial charge in [-0.3, -0.25) is 4.79 Å². The molecular weight excluding hydrogens is 255 g/mol. The maximum absolute atomic E-state index is 13.7. The maximum atomic E-state index is 13.7. The Morgan fingerprint density at radius 3 is 2.75 bits per heavy atom. The number of amides is 1. The van der Waals surface area contributed by atoms with Gasteiger partial charge in [-0.25, -0.2) is 4.39 Å². The van der Waals surface area contributed by atoms with E-state index in [4.69, 9.17) is 0 Å². The number of benzene rings is 1. The molecule has 1 aliphatic rings. The van der Waals surface area contributed by atoms with Crippen molar-refractivity contribution < 1.29 is 9.18 Å². The number of carbonyl (C=O) groups is 1. The highest BCUT2D eigenvalue weighted by Crippen LogP contribution is 2.14. The van der Waals surface area contributed by atoms with Crippen LogP contribution in [-0.2, 0) is 0 Å². The van der Waals surface area contributed by atoms with Crippen LogP contribution in [0, 0.1) is 12.7 Å². The van der Waals surface area contributed by atoms with E-state index in [0.29, 0.717) is 0 Å². The first-order valence-corrected chi connectivity index (χ1v) is 7.39. The summed E-state index contributed by atoms with van der Waals surface area (Å²) in [5.74, 6) is -0.739. The van der Waals surface area contributed by atoms with E-state index in [1.807, 2.05) is 6.92 Å². The first-order chi connectivity index (χ1) is 9.60. The molecule has 1 N–H and O–H groups in total. The molecule has 1 fully saturated rings. The number of rotatable bonds is 4. The van der Waals surface area contributed by atoms with Crippen molar-refractivity contribution >= 4 is 5.91 Å². The van der Waals surface area contributed by atoms with E-state index in [1.165, 1.54) is 6.07 Å². The van der Waals surface area contributed by atoms with Crippen molar-refractivity contribution in [3.63, 3.8) is 0 Å². The van der Waals surface area contributed by atoms with Crippen LogP contribution in [0.25, 0.3) is 0 Å². The Kier molecular flexibility index (Phi) is 5.12. The number of hydrogen-bond donors (Lipinski definition) is 1. The first-order valence-electron chi connectivity index (χ1n) is 7.39. The van der Waals surface area contributed by atoms with Gasteiger partial charge in [-0.15, -0.1) is 0 Å². The summed E-state index contributed by atoms with van der Waals surface area (Å²) in [7, 11) is 0. The third-order valence-electron chi connectivity index (χ3n) is 3.83. The van der Waals surface area contributed by atoms with Crippen molar-refractivity contribution in [3.8, 4) is 0 Å². The topological polar surface area (TPSA) is 32.3 Å². The van der Waals surface area contributed by atoms with Gasteiger partial charge in [0, 0.05) is 19.1 Å². The number of nitrogens with one attached hydrogen (secondary N) is 1. The minimum Gasteiger partial charge on any atom is -0.349 e. The highest BCUT2D eigenvalue weighted by Gasteiger charge is 2.21. The lowest BCUT2D eigenvalue weighted by Gasteiger charge is -2.32. The number of carbonyl (C=O) groups excluding carboxylic acids is 1. The lowest BCUT2D eigenvalue weighted by atomic mass is 10.0. The largest absolute Gasteiger partial charge is 0.349 e. The number of halogens is 1. The van der Waals surface area contributed by atoms with Crippen molar-refractivity contribution in [2.45, 2.75) is 39.2 Å². The molecule has 0 bridgehead atoms. The van der Waals surface area contributed by atoms with E-state index in [9.17, 15) is 9.18 Å². The highest BCUT2D eigenvalue weighted by atomic mass is 19.1. The second-order valence-electron chi connectivity index (χ2n) is 5.57. The summed E-state index contributed by atoms with van der Waals surface area (Å²) in [5.41, 5.74) is 1.05. The van der Waals surface area contributed by atoms with Crippen LogP contribution >= 0.6 is 0 Å². The third kappa shape index (κ3) is 3.79. The van der Waals surface area contributed by atoms with Crippen molar-refractivity contribution in [2.75, 3.05) is 19.6 Å². The molecule has 1 heterocycles. The van der Waals surface area contributed by atoms with E-state index in [0.717, 1.165) is 44.5 Å². The Morgan fingerprint density at radius 2 is 2.10 bits per heavy atom. The van der Waals surface area contributed by atoms with E-state index >= 15 is 0 Å². The first kappa shape index (κ1) is 15.0. The van der Waals surface area contributed by atoms with Gasteiger partial charge in [-0.1, -0.05) is 18.6 Å². The van der Waals surface area contributed by atoms with Crippen LogP contribution < -0.4 is 5.32 Å². The molecule has 1 aromatic carbocycles. The molecule has 0 unspecified atom stereocenters. The molecule has 0 spiro atoms. The highest BCUT2D eigenvalue weighted by molar-refractivity contribution is 5.94. The summed E-state index contributed by atoms with van der Waals surface area (Å²) < 4.78 is 13.7. The third-order valence-corrected chi connectivity index (χ3v) is 3.83. The summed E-state index contributed by atoms with van der Waals surface area (Å²) in [6.45, 7) is 7.17. The van der Waals surface area contributed by atoms with E-state index in [1.54, 1.807) is 12.1 Å². The lowest BCUT2D eigenvalue weighted by Crippen LogP contribution is -2.44. The van der Waals surface area contributed by atoms with Gasteiger partial charge in [-0.05, 0) is 44.9 Å². The minimum atomic E-state index is -0.448. The van der Waals surface area contributed by atoms with Gasteiger partial charge < -0.3 is 10.2 Å². The summed E-state index contributed by atoms with van der Waals surface area (Å²) in [6.07, 6.45) is 3.05. The molecule has 0 aliphatic carbocycles. The van der Waals surface area contributed by atoms with Crippen molar-refractivity contribution in [3.05, 3.63) is 35.1 Å². The Hall–Kier alpha value is -1.42. The predicted octanol–water partition coefficient (Wildman–Crippen LogP) is 2.74. The zero-order valence-corrected chi connectivity index (χ0v) is 12.3. The van der Waals surface area contributed by atoms with Crippen LogP contribution in [0.4, 0.5) is 4.39 Å². The van der Waals surface area contributed by atoms with Crippen LogP contribution in [0.5, 0.6) is 0 Å². The Bertz CT molecular complexity index is 468. The van der Waals surface area contributed by atoms with Gasteiger partial charge in [0.25, 0.3) is 5.91 Å². The molecule has 0 saturated carbocycles. The monoisotopic (exact) mass is 278 g/mol. The average molecular weight is 278 g/mol. The number of aryl methyl sites for hydroxylation is 1. The molecule has 1 saturated heterocycles. The fraction of sp³-hybridized carbons (Fsp3) is 0.562. The molecule has 1 aliphatic heterocycles. The zero-order valence-electron chi connectivity index (χ0n) is 12.3. The van der Waals surface area contributed by atoms with Crippen LogP contribution in [0.3, 0.4) is 0 Å². The Morgan fingerprint density at radius 1 is 1.40 bits per heavy atom. The summed E-state index contributed by atoms with van der Waals surface area (Å²) in [5, 5.41) is 2.96. The fourth-order valence-electron chi connectivity index (χ4n) is 2.69. The number of likely N-dealkylation sites (tertiary alicyclic amines) is 1. The quantitative estimate of drug-likeness (QED) is 0.918. The second kappa shape index (κ2) is 6.84. The zero-order chi connectivity index (χ0) is 14.5. The van der Waals surface area contributed by atoms with Gasteiger partial charge in [0.05, 0.1) is 5.56 Å². The number of nitrogens with zero attached hydrogens (tertiary/aromatic N) is 1. The van der Waals surface area contributed by atoms with Crippen molar-refractivity contribution in [1.29, 1.82) is 0 Å². The van der Waals surface area contributed by atoms with Gasteiger partial charge >= 0.3 is 0 Å². The van der Waals surface area contributed by atoms with Gasteiger partial charge in [0.1, 0.15) is 5.82 Å². The van der Waals surface area contributed by atoms with Crippen LogP contribution in [0.2, 0.25) is 0 Å². The predicted molar refractivity (Wildman–Crippen MR) is 78.4 cm³/mol. The molecular formula is C16H23FN2O. The lowest BCUT2D eigenvalue weighted by molar-refractivity contribution is 0.0907. The number of hydrogen-bond acceptors (Lipinski definition) is 2. The molecule has 1 aromatic rings. The minimum absolute atomic E-state index is 0.154. The van der Waals surface area contributed by atoms with Gasteiger partial charge in [0.2, 0.25) is 0 Å². The van der Waals surface area contributed by atoms with Gasteiger partial charge in [0.15, 0.2) is 0 Å². The molecule has 3 nitrogen and oxygen atoms in total. The van der Waals surface area contributed by atoms with Crippen LogP contribution in [-0.4, -0.2) is 36.5 Å². The van der Waals surface area contributed by atoms with E-state index < -0.39 is 5.82 Å². The molecule has 0 atom stereocenters. The normalized spacial score (nSPS) is 17.1. The molecule has 0 radical (unpaired) electrons. The van der Waals surface area contributed by atoms with Crippen LogP contribution in [0.1, 0.15) is 42.1 Å². The molecule has 1 amide bonds. The van der Waals surface area contributed by atoms with E-state index in [-0.39, 0.29) is 17.5 Å². The number of piperidine rings is 1. The summed E-state index contributed by atoms with van der Waals surface area (Å²) >= 11 is 0. The summed E-state index contributed by atoms with van der Waals surface area (Å²) in [6, 6.07) is 4.80. The van der Waals surface area contributed by atoms with Crippen molar-refractivity contribution in [2.24, 2.45) is 0 Å². The van der Waals surface area contributed by atoms with Crippen molar-refractivity contribution in [1.82, 2.24) is 10.2 Å². The molecule has 4 heteroatoms. The summed E-state index contributed by atoms with van der Waals surface area (Å²) in [4.78, 5) is 14.5. The average Bonchev–Trinajstić information content (AvgIpc) is 2.44. The smallest absolute Gasteiger partial charge is 0.254 e. The van der Waals surface area contributed by atoms with Gasteiger partial charge in [-0.2, -0.15) is 0 Å². The Balaban J connectivity index is 1.91. The van der Waals surface area contributed by atoms with Crippen LogP contribution in [0.15, 0.2) is 18.2 Å².